The average Bonchev–Trinajstić information content (AvgIpc) is 1.79. The van der Waals surface area contributed by atoms with Gasteiger partial charge in [0.15, 0.2) is 0 Å². The Balaban J connectivity index is 3.44. The number of rotatable bonds is 1. The number of hydrogen-bond acceptors (Lipinski definition) is 3. The summed E-state index contributed by atoms with van der Waals surface area (Å²) in [5.74, 6) is 0. The molecule has 0 amide bonds. The van der Waals surface area contributed by atoms with E-state index in [0.29, 0.717) is 0 Å². The van der Waals surface area contributed by atoms with Gasteiger partial charge in [0.05, 0.1) is 0 Å². The SMILES string of the molecule is CCP1(F)=NP(F)(F)=NP(F)(F)=N1. The molecule has 0 saturated heterocycles. The van der Waals surface area contributed by atoms with E-state index in [4.69, 9.17) is 0 Å². The van der Waals surface area contributed by atoms with E-state index in [0.717, 1.165) is 6.92 Å². The van der Waals surface area contributed by atoms with Gasteiger partial charge in [-0.2, -0.15) is 13.2 Å². The summed E-state index contributed by atoms with van der Waals surface area (Å²) in [5, 5.41) is 0. The van der Waals surface area contributed by atoms with Crippen molar-refractivity contribution >= 4 is 23.2 Å². The van der Waals surface area contributed by atoms with Crippen molar-refractivity contribution in [3.05, 3.63) is 0 Å². The molecule has 1 atom stereocenters. The molecule has 78 valence electrons. The first-order valence-corrected chi connectivity index (χ1v) is 7.79. The molecule has 0 radical (unpaired) electrons. The van der Waals surface area contributed by atoms with Crippen molar-refractivity contribution in [3.8, 4) is 0 Å². The molecule has 13 heavy (non-hydrogen) atoms. The van der Waals surface area contributed by atoms with Gasteiger partial charge in [0.1, 0.15) is 0 Å². The van der Waals surface area contributed by atoms with Crippen LogP contribution in [0.3, 0.4) is 0 Å². The predicted molar refractivity (Wildman–Crippen MR) is 44.1 cm³/mol. The van der Waals surface area contributed by atoms with Crippen molar-refractivity contribution < 1.29 is 21.0 Å². The molecule has 0 bridgehead atoms. The molecular weight excluding hydrogens is 254 g/mol. The molecule has 1 aliphatic heterocycles. The molecule has 1 aliphatic rings. The molecule has 1 rings (SSSR count). The van der Waals surface area contributed by atoms with E-state index in [1.54, 1.807) is 0 Å². The predicted octanol–water partition coefficient (Wildman–Crippen LogP) is 5.79. The van der Waals surface area contributed by atoms with E-state index in [1.165, 1.54) is 0 Å². The van der Waals surface area contributed by atoms with Gasteiger partial charge in [-0.15, -0.1) is 21.3 Å². The van der Waals surface area contributed by atoms with Crippen LogP contribution in [0.1, 0.15) is 6.92 Å². The Kier molecular flexibility index (Phi) is 2.79. The Bertz CT molecular complexity index is 367. The van der Waals surface area contributed by atoms with Gasteiger partial charge in [-0.05, 0) is 0 Å². The highest BCUT2D eigenvalue weighted by molar-refractivity contribution is 7.79. The Morgan fingerprint density at radius 2 is 1.31 bits per heavy atom. The minimum atomic E-state index is -5.47. The largest absolute Gasteiger partial charge is 0.423 e. The molecule has 0 saturated carbocycles. The molecule has 0 aromatic rings. The number of nitrogens with zero attached hydrogens (tertiary/aromatic N) is 3. The summed E-state index contributed by atoms with van der Waals surface area (Å²) >= 11 is 0. The smallest absolute Gasteiger partial charge is 0.183 e. The summed E-state index contributed by atoms with van der Waals surface area (Å²) < 4.78 is 69.5. The van der Waals surface area contributed by atoms with Gasteiger partial charge >= 0.3 is 15.7 Å². The summed E-state index contributed by atoms with van der Waals surface area (Å²) in [7, 11) is -15.3. The second kappa shape index (κ2) is 3.18. The lowest BCUT2D eigenvalue weighted by Gasteiger charge is -2.14. The highest BCUT2D eigenvalue weighted by Crippen LogP contribution is 2.81. The third-order valence-electron chi connectivity index (χ3n) is 1.11. The Hall–Kier alpha value is 0.340. The van der Waals surface area contributed by atoms with Crippen LogP contribution in [0.2, 0.25) is 0 Å². The van der Waals surface area contributed by atoms with Gasteiger partial charge in [0.25, 0.3) is 7.52 Å². The molecule has 0 N–H and O–H groups in total. The van der Waals surface area contributed by atoms with Crippen LogP contribution < -0.4 is 0 Å². The minimum absolute atomic E-state index is 0.520. The molecule has 1 heterocycles. The third-order valence-corrected chi connectivity index (χ3v) is 7.55. The third kappa shape index (κ3) is 2.90. The number of hydrogen-bond donors (Lipinski definition) is 0. The van der Waals surface area contributed by atoms with Crippen molar-refractivity contribution in [1.29, 1.82) is 0 Å². The van der Waals surface area contributed by atoms with Crippen molar-refractivity contribution in [1.82, 2.24) is 0 Å². The Morgan fingerprint density at radius 3 is 1.69 bits per heavy atom. The van der Waals surface area contributed by atoms with Crippen molar-refractivity contribution in [3.63, 3.8) is 0 Å². The van der Waals surface area contributed by atoms with Gasteiger partial charge in [0.2, 0.25) is 0 Å². The monoisotopic (exact) mass is 259 g/mol. The van der Waals surface area contributed by atoms with E-state index in [-0.39, 0.29) is 0 Å². The van der Waals surface area contributed by atoms with Crippen molar-refractivity contribution in [2.75, 3.05) is 6.16 Å². The standard InChI is InChI=1S/C2H5F5N3P3/c1-2-11(3)8-12(4,5)10-13(6,7)9-11/h2H2,1H3. The summed E-state index contributed by atoms with van der Waals surface area (Å²) in [6, 6.07) is 0. The van der Waals surface area contributed by atoms with E-state index in [1.807, 2.05) is 4.52 Å². The molecule has 0 aromatic heterocycles. The van der Waals surface area contributed by atoms with Gasteiger partial charge in [0, 0.05) is 6.16 Å². The molecule has 3 nitrogen and oxygen atoms in total. The van der Waals surface area contributed by atoms with Gasteiger partial charge in [-0.3, -0.25) is 0 Å². The fraction of sp³-hybridized carbons (Fsp3) is 1.00. The molecule has 0 aromatic carbocycles. The van der Waals surface area contributed by atoms with Crippen molar-refractivity contribution in [2.45, 2.75) is 6.92 Å². The van der Waals surface area contributed by atoms with Gasteiger partial charge in [-0.25, -0.2) is 0 Å². The summed E-state index contributed by atoms with van der Waals surface area (Å²) in [5.41, 5.74) is 0. The van der Waals surface area contributed by atoms with Crippen LogP contribution in [0.4, 0.5) is 21.0 Å². The zero-order chi connectivity index (χ0) is 10.3. The quantitative estimate of drug-likeness (QED) is 0.422. The van der Waals surface area contributed by atoms with Gasteiger partial charge in [-0.1, -0.05) is 6.92 Å². The van der Waals surface area contributed by atoms with Crippen LogP contribution in [-0.4, -0.2) is 6.16 Å². The van der Waals surface area contributed by atoms with Gasteiger partial charge < -0.3 is 0 Å². The Morgan fingerprint density at radius 1 is 0.846 bits per heavy atom. The van der Waals surface area contributed by atoms with Crippen LogP contribution in [0.25, 0.3) is 0 Å². The minimum Gasteiger partial charge on any atom is -0.183 e. The fourth-order valence-electron chi connectivity index (χ4n) is 0.639. The maximum atomic E-state index is 13.1. The summed E-state index contributed by atoms with van der Waals surface area (Å²) in [6.45, 7) is 1.16. The molecule has 1 unspecified atom stereocenters. The molecule has 11 heteroatoms. The second-order valence-electron chi connectivity index (χ2n) is 2.14. The molecular formula is C2H5F5N3P3. The van der Waals surface area contributed by atoms with Crippen LogP contribution in [0, 0.1) is 0 Å². The fourth-order valence-corrected chi connectivity index (χ4v) is 6.72. The summed E-state index contributed by atoms with van der Waals surface area (Å²) in [6.07, 6.45) is -0.520. The van der Waals surface area contributed by atoms with E-state index < -0.39 is 29.3 Å². The normalized spacial score (nSPS) is 35.5. The number of halogens is 5. The van der Waals surface area contributed by atoms with E-state index in [2.05, 4.69) is 9.03 Å². The lowest BCUT2D eigenvalue weighted by Crippen LogP contribution is -1.77. The molecule has 0 fully saturated rings. The lowest BCUT2D eigenvalue weighted by atomic mass is 11.0. The van der Waals surface area contributed by atoms with Crippen molar-refractivity contribution in [2.24, 2.45) is 13.5 Å². The highest BCUT2D eigenvalue weighted by atomic mass is 31.3. The molecule has 0 aliphatic carbocycles. The second-order valence-corrected chi connectivity index (χ2v) is 8.03. The topological polar surface area (TPSA) is 37.1 Å². The van der Waals surface area contributed by atoms with Crippen LogP contribution in [0.5, 0.6) is 0 Å². The first-order valence-electron chi connectivity index (χ1n) is 3.07. The first kappa shape index (κ1) is 11.4. The van der Waals surface area contributed by atoms with E-state index >= 15 is 0 Å². The zero-order valence-corrected chi connectivity index (χ0v) is 8.96. The van der Waals surface area contributed by atoms with Crippen LogP contribution >= 0.6 is 23.2 Å². The first-order chi connectivity index (χ1) is 5.68. The average molecular weight is 259 g/mol. The summed E-state index contributed by atoms with van der Waals surface area (Å²) in [4.78, 5) is 0. The highest BCUT2D eigenvalue weighted by Gasteiger charge is 2.37. The lowest BCUT2D eigenvalue weighted by molar-refractivity contribution is 0.696. The van der Waals surface area contributed by atoms with E-state index in [9.17, 15) is 21.0 Å². The maximum absolute atomic E-state index is 13.1. The van der Waals surface area contributed by atoms with Crippen LogP contribution in [0.15, 0.2) is 13.5 Å². The Labute approximate surface area is 71.7 Å². The maximum Gasteiger partial charge on any atom is 0.423 e. The molecule has 0 spiro atoms. The van der Waals surface area contributed by atoms with Crippen LogP contribution in [-0.2, 0) is 0 Å². The zero-order valence-electron chi connectivity index (χ0n) is 6.28.